The lowest BCUT2D eigenvalue weighted by Gasteiger charge is -2.52. The van der Waals surface area contributed by atoms with Crippen molar-refractivity contribution < 1.29 is 9.84 Å². The largest absolute Gasteiger partial charge is 0.388 e. The maximum atomic E-state index is 9.38. The topological polar surface area (TPSA) is 29.5 Å². The molecule has 1 aliphatic heterocycles. The van der Waals surface area contributed by atoms with Crippen LogP contribution in [-0.4, -0.2) is 23.4 Å². The zero-order chi connectivity index (χ0) is 7.99. The van der Waals surface area contributed by atoms with Crippen molar-refractivity contribution >= 4 is 0 Å². The molecular formula is C8H16O2. The number of rotatable bonds is 0. The van der Waals surface area contributed by atoms with Crippen molar-refractivity contribution in [2.75, 3.05) is 6.61 Å². The van der Waals surface area contributed by atoms with Crippen LogP contribution >= 0.6 is 0 Å². The van der Waals surface area contributed by atoms with E-state index in [9.17, 15) is 5.11 Å². The summed E-state index contributed by atoms with van der Waals surface area (Å²) in [5.74, 6) is 0. The Morgan fingerprint density at radius 2 is 2.00 bits per heavy atom. The quantitative estimate of drug-likeness (QED) is 0.553. The van der Waals surface area contributed by atoms with E-state index in [0.717, 1.165) is 0 Å². The van der Waals surface area contributed by atoms with Crippen molar-refractivity contribution in [3.63, 3.8) is 0 Å². The molecule has 1 fully saturated rings. The third-order valence-corrected chi connectivity index (χ3v) is 2.67. The molecule has 2 nitrogen and oxygen atoms in total. The molecule has 0 aliphatic carbocycles. The zero-order valence-corrected chi connectivity index (χ0v) is 7.14. The molecule has 0 radical (unpaired) electrons. The Hall–Kier alpha value is -0.0800. The summed E-state index contributed by atoms with van der Waals surface area (Å²) in [5, 5.41) is 9.38. The van der Waals surface area contributed by atoms with Crippen molar-refractivity contribution in [1.82, 2.24) is 0 Å². The van der Waals surface area contributed by atoms with E-state index in [0.29, 0.717) is 6.61 Å². The fraction of sp³-hybridized carbons (Fsp3) is 1.00. The number of ether oxygens (including phenoxy) is 1. The van der Waals surface area contributed by atoms with Gasteiger partial charge >= 0.3 is 0 Å². The highest BCUT2D eigenvalue weighted by molar-refractivity contribution is 5.00. The fourth-order valence-electron chi connectivity index (χ4n) is 1.12. The first-order valence-corrected chi connectivity index (χ1v) is 3.70. The Labute approximate surface area is 62.2 Å². The van der Waals surface area contributed by atoms with Gasteiger partial charge in [0.05, 0.1) is 12.2 Å². The number of hydrogen-bond donors (Lipinski definition) is 1. The first-order valence-electron chi connectivity index (χ1n) is 3.70. The Balaban J connectivity index is 2.70. The number of hydrogen-bond acceptors (Lipinski definition) is 2. The maximum absolute atomic E-state index is 9.38. The van der Waals surface area contributed by atoms with E-state index in [1.807, 2.05) is 6.92 Å². The van der Waals surface area contributed by atoms with Crippen molar-refractivity contribution in [3.05, 3.63) is 0 Å². The molecular weight excluding hydrogens is 128 g/mol. The molecule has 1 rings (SSSR count). The molecule has 10 heavy (non-hydrogen) atoms. The van der Waals surface area contributed by atoms with Crippen molar-refractivity contribution in [1.29, 1.82) is 0 Å². The molecule has 1 aliphatic rings. The summed E-state index contributed by atoms with van der Waals surface area (Å²) in [5.41, 5.74) is -0.294. The van der Waals surface area contributed by atoms with Gasteiger partial charge < -0.3 is 9.84 Å². The average molecular weight is 144 g/mol. The highest BCUT2D eigenvalue weighted by Gasteiger charge is 2.51. The second kappa shape index (κ2) is 1.95. The Morgan fingerprint density at radius 3 is 2.00 bits per heavy atom. The molecule has 1 saturated heterocycles. The van der Waals surface area contributed by atoms with Crippen molar-refractivity contribution in [2.45, 2.75) is 39.4 Å². The van der Waals surface area contributed by atoms with E-state index in [2.05, 4.69) is 20.8 Å². The van der Waals surface area contributed by atoms with Crippen molar-refractivity contribution in [3.8, 4) is 0 Å². The van der Waals surface area contributed by atoms with E-state index in [1.165, 1.54) is 0 Å². The van der Waals surface area contributed by atoms with Crippen LogP contribution in [0.2, 0.25) is 0 Å². The number of aliphatic hydroxyl groups is 1. The minimum absolute atomic E-state index is 0.0324. The van der Waals surface area contributed by atoms with Gasteiger partial charge in [-0.05, 0) is 12.3 Å². The summed E-state index contributed by atoms with van der Waals surface area (Å²) in [6.45, 7) is 8.69. The summed E-state index contributed by atoms with van der Waals surface area (Å²) in [6.07, 6.45) is -0.285. The van der Waals surface area contributed by atoms with Gasteiger partial charge in [0.2, 0.25) is 0 Å². The fourth-order valence-corrected chi connectivity index (χ4v) is 1.12. The lowest BCUT2D eigenvalue weighted by atomic mass is 9.71. The second-order valence-corrected chi connectivity index (χ2v) is 4.18. The van der Waals surface area contributed by atoms with Gasteiger partial charge in [0.25, 0.3) is 0 Å². The minimum atomic E-state index is -0.326. The number of aliphatic hydroxyl groups excluding tert-OH is 1. The van der Waals surface area contributed by atoms with Crippen LogP contribution in [0.1, 0.15) is 27.7 Å². The van der Waals surface area contributed by atoms with Gasteiger partial charge in [-0.1, -0.05) is 20.8 Å². The standard InChI is InChI=1S/C8H16O2/c1-7(2,3)8(4)6(9)5-10-8/h6,9H,5H2,1-4H3. The van der Waals surface area contributed by atoms with Crippen LogP contribution in [-0.2, 0) is 4.74 Å². The van der Waals surface area contributed by atoms with E-state index in [1.54, 1.807) is 0 Å². The van der Waals surface area contributed by atoms with E-state index in [-0.39, 0.29) is 17.1 Å². The lowest BCUT2D eigenvalue weighted by molar-refractivity contribution is -0.272. The molecule has 60 valence electrons. The summed E-state index contributed by atoms with van der Waals surface area (Å²) < 4.78 is 5.34. The molecule has 2 atom stereocenters. The van der Waals surface area contributed by atoms with Crippen molar-refractivity contribution in [2.24, 2.45) is 5.41 Å². The molecule has 1 N–H and O–H groups in total. The summed E-state index contributed by atoms with van der Waals surface area (Å²) >= 11 is 0. The zero-order valence-electron chi connectivity index (χ0n) is 7.14. The van der Waals surface area contributed by atoms with Gasteiger partial charge in [0, 0.05) is 0 Å². The van der Waals surface area contributed by atoms with Crippen LogP contribution in [0.3, 0.4) is 0 Å². The van der Waals surface area contributed by atoms with Gasteiger partial charge in [-0.2, -0.15) is 0 Å². The van der Waals surface area contributed by atoms with E-state index in [4.69, 9.17) is 4.74 Å². The summed E-state index contributed by atoms with van der Waals surface area (Å²) in [7, 11) is 0. The molecule has 2 heteroatoms. The highest BCUT2D eigenvalue weighted by Crippen LogP contribution is 2.42. The highest BCUT2D eigenvalue weighted by atomic mass is 16.6. The molecule has 0 spiro atoms. The smallest absolute Gasteiger partial charge is 0.106 e. The summed E-state index contributed by atoms with van der Waals surface area (Å²) in [6, 6.07) is 0. The molecule has 0 amide bonds. The molecule has 0 aromatic carbocycles. The van der Waals surface area contributed by atoms with E-state index < -0.39 is 0 Å². The van der Waals surface area contributed by atoms with Gasteiger partial charge in [-0.3, -0.25) is 0 Å². The predicted molar refractivity (Wildman–Crippen MR) is 39.8 cm³/mol. The Morgan fingerprint density at radius 1 is 1.50 bits per heavy atom. The second-order valence-electron chi connectivity index (χ2n) is 4.18. The minimum Gasteiger partial charge on any atom is -0.388 e. The first-order chi connectivity index (χ1) is 4.38. The van der Waals surface area contributed by atoms with Gasteiger partial charge in [-0.15, -0.1) is 0 Å². The van der Waals surface area contributed by atoms with Crippen LogP contribution in [0.25, 0.3) is 0 Å². The van der Waals surface area contributed by atoms with Gasteiger partial charge in [-0.25, -0.2) is 0 Å². The first kappa shape index (κ1) is 8.02. The van der Waals surface area contributed by atoms with Crippen LogP contribution in [0.4, 0.5) is 0 Å². The Kier molecular flexibility index (Phi) is 1.57. The molecule has 0 bridgehead atoms. The SMILES string of the molecule is CC(C)(C)C1(C)OCC1O. The monoisotopic (exact) mass is 144 g/mol. The van der Waals surface area contributed by atoms with Gasteiger partial charge in [0.1, 0.15) is 6.10 Å². The molecule has 0 aromatic heterocycles. The summed E-state index contributed by atoms with van der Waals surface area (Å²) in [4.78, 5) is 0. The molecule has 0 aromatic rings. The van der Waals surface area contributed by atoms with Crippen LogP contribution < -0.4 is 0 Å². The van der Waals surface area contributed by atoms with Gasteiger partial charge in [0.15, 0.2) is 0 Å². The lowest BCUT2D eigenvalue weighted by Crippen LogP contribution is -2.63. The molecule has 2 unspecified atom stereocenters. The Bertz CT molecular complexity index is 137. The third-order valence-electron chi connectivity index (χ3n) is 2.67. The van der Waals surface area contributed by atoms with Crippen LogP contribution in [0.15, 0.2) is 0 Å². The normalized spacial score (nSPS) is 41.1. The predicted octanol–water partition coefficient (Wildman–Crippen LogP) is 1.18. The van der Waals surface area contributed by atoms with E-state index >= 15 is 0 Å². The van der Waals surface area contributed by atoms with Crippen LogP contribution in [0, 0.1) is 5.41 Å². The van der Waals surface area contributed by atoms with Crippen LogP contribution in [0.5, 0.6) is 0 Å². The molecule has 0 saturated carbocycles. The molecule has 1 heterocycles. The third kappa shape index (κ3) is 0.867. The average Bonchev–Trinajstić information content (AvgIpc) is 1.80. The maximum Gasteiger partial charge on any atom is 0.106 e.